The minimum Gasteiger partial charge on any atom is -0.289 e. The van der Waals surface area contributed by atoms with Gasteiger partial charge in [0.25, 0.3) is 0 Å². The second kappa shape index (κ2) is 4.74. The predicted molar refractivity (Wildman–Crippen MR) is 65.5 cm³/mol. The minimum absolute atomic E-state index is 0.0422. The van der Waals surface area contributed by atoms with Gasteiger partial charge < -0.3 is 0 Å². The molecule has 0 aliphatic heterocycles. The van der Waals surface area contributed by atoms with Gasteiger partial charge in [0.15, 0.2) is 5.78 Å². The van der Waals surface area contributed by atoms with Gasteiger partial charge in [0.05, 0.1) is 11.8 Å². The number of hydrogen-bond donors (Lipinski definition) is 0. The topological polar surface area (TPSA) is 47.8 Å². The number of carbonyl (C=O) groups excluding carboxylic acids is 1. The van der Waals surface area contributed by atoms with Crippen molar-refractivity contribution in [3.8, 4) is 0 Å². The molecule has 0 atom stereocenters. The van der Waals surface area contributed by atoms with Crippen molar-refractivity contribution in [2.75, 3.05) is 0 Å². The molecule has 0 saturated heterocycles. The smallest absolute Gasteiger partial charge is 0.189 e. The fraction of sp³-hybridized carbons (Fsp3) is 0.154. The molecule has 0 spiro atoms. The number of pyridine rings is 1. The molecule has 0 unspecified atom stereocenters. The summed E-state index contributed by atoms with van der Waals surface area (Å²) in [6.45, 7) is 1.87. The van der Waals surface area contributed by atoms with Crippen molar-refractivity contribution in [3.63, 3.8) is 0 Å². The zero-order valence-corrected chi connectivity index (χ0v) is 9.79. The van der Waals surface area contributed by atoms with Crippen LogP contribution in [0, 0.1) is 6.92 Å². The molecule has 2 aromatic rings. The van der Waals surface area contributed by atoms with Crippen LogP contribution in [0.15, 0.2) is 36.8 Å². The summed E-state index contributed by atoms with van der Waals surface area (Å²) in [6.07, 6.45) is 8.29. The zero-order valence-electron chi connectivity index (χ0n) is 9.79. The van der Waals surface area contributed by atoms with Gasteiger partial charge in [0.1, 0.15) is 0 Å². The Balaban J connectivity index is 2.18. The van der Waals surface area contributed by atoms with E-state index in [1.165, 1.54) is 0 Å². The maximum Gasteiger partial charge on any atom is 0.189 e. The second-order valence-corrected chi connectivity index (χ2v) is 3.75. The molecule has 0 aliphatic rings. The van der Waals surface area contributed by atoms with Crippen LogP contribution in [0.5, 0.6) is 0 Å². The zero-order chi connectivity index (χ0) is 12.3. The first-order chi connectivity index (χ1) is 8.18. The Morgan fingerprint density at radius 3 is 2.82 bits per heavy atom. The molecule has 2 heterocycles. The van der Waals surface area contributed by atoms with Crippen molar-refractivity contribution in [2.24, 2.45) is 7.05 Å². The molecule has 0 aromatic carbocycles. The number of carbonyl (C=O) groups is 1. The Morgan fingerprint density at radius 2 is 2.24 bits per heavy atom. The van der Waals surface area contributed by atoms with Gasteiger partial charge in [-0.3, -0.25) is 14.5 Å². The molecular formula is C13H13N3O. The van der Waals surface area contributed by atoms with Crippen molar-refractivity contribution in [3.05, 3.63) is 53.6 Å². The molecule has 4 heteroatoms. The van der Waals surface area contributed by atoms with E-state index >= 15 is 0 Å². The van der Waals surface area contributed by atoms with E-state index < -0.39 is 0 Å². The van der Waals surface area contributed by atoms with E-state index in [0.29, 0.717) is 5.56 Å². The molecule has 2 rings (SSSR count). The average Bonchev–Trinajstić information content (AvgIpc) is 2.69. The third-order valence-electron chi connectivity index (χ3n) is 2.61. The molecule has 17 heavy (non-hydrogen) atoms. The quantitative estimate of drug-likeness (QED) is 0.595. The number of nitrogens with zero attached hydrogens (tertiary/aromatic N) is 3. The van der Waals surface area contributed by atoms with E-state index in [-0.39, 0.29) is 5.78 Å². The Bertz CT molecular complexity index is 555. The lowest BCUT2D eigenvalue weighted by atomic mass is 10.1. The lowest BCUT2D eigenvalue weighted by Crippen LogP contribution is -1.98. The molecule has 0 saturated carbocycles. The highest BCUT2D eigenvalue weighted by atomic mass is 16.1. The summed E-state index contributed by atoms with van der Waals surface area (Å²) in [5, 5.41) is 4.04. The maximum absolute atomic E-state index is 11.9. The lowest BCUT2D eigenvalue weighted by molar-refractivity contribution is 0.104. The van der Waals surface area contributed by atoms with Gasteiger partial charge in [-0.05, 0) is 30.7 Å². The highest BCUT2D eigenvalue weighted by Crippen LogP contribution is 2.08. The highest BCUT2D eigenvalue weighted by molar-refractivity contribution is 6.07. The number of hydrogen-bond acceptors (Lipinski definition) is 3. The summed E-state index contributed by atoms with van der Waals surface area (Å²) >= 11 is 0. The Kier molecular flexibility index (Phi) is 3.14. The van der Waals surface area contributed by atoms with Crippen LogP contribution in [-0.4, -0.2) is 20.5 Å². The summed E-state index contributed by atoms with van der Waals surface area (Å²) in [4.78, 5) is 15.9. The summed E-state index contributed by atoms with van der Waals surface area (Å²) in [5.74, 6) is -0.0422. The van der Waals surface area contributed by atoms with E-state index in [1.807, 2.05) is 26.1 Å². The first-order valence-corrected chi connectivity index (χ1v) is 5.29. The van der Waals surface area contributed by atoms with Gasteiger partial charge in [0, 0.05) is 25.1 Å². The van der Waals surface area contributed by atoms with Crippen LogP contribution in [-0.2, 0) is 7.05 Å². The lowest BCUT2D eigenvalue weighted by Gasteiger charge is -1.95. The van der Waals surface area contributed by atoms with Gasteiger partial charge in [-0.25, -0.2) is 0 Å². The Hall–Kier alpha value is -2.23. The summed E-state index contributed by atoms with van der Waals surface area (Å²) in [7, 11) is 1.82. The van der Waals surface area contributed by atoms with E-state index in [4.69, 9.17) is 0 Å². The third kappa shape index (κ3) is 2.47. The minimum atomic E-state index is -0.0422. The predicted octanol–water partition coefficient (Wildman–Crippen LogP) is 2.02. The molecule has 0 aliphatic carbocycles. The Labute approximate surface area is 99.6 Å². The van der Waals surface area contributed by atoms with Gasteiger partial charge >= 0.3 is 0 Å². The summed E-state index contributed by atoms with van der Waals surface area (Å²) in [6, 6.07) is 3.73. The first kappa shape index (κ1) is 11.3. The van der Waals surface area contributed by atoms with Crippen LogP contribution in [0.25, 0.3) is 6.08 Å². The number of ketones is 1. The largest absolute Gasteiger partial charge is 0.289 e. The monoisotopic (exact) mass is 227 g/mol. The van der Waals surface area contributed by atoms with E-state index in [1.54, 1.807) is 35.4 Å². The maximum atomic E-state index is 11.9. The van der Waals surface area contributed by atoms with Gasteiger partial charge in [0.2, 0.25) is 0 Å². The van der Waals surface area contributed by atoms with Crippen molar-refractivity contribution in [1.29, 1.82) is 0 Å². The second-order valence-electron chi connectivity index (χ2n) is 3.75. The Morgan fingerprint density at radius 1 is 1.41 bits per heavy atom. The van der Waals surface area contributed by atoms with E-state index in [9.17, 15) is 4.79 Å². The van der Waals surface area contributed by atoms with Crippen LogP contribution >= 0.6 is 0 Å². The average molecular weight is 227 g/mol. The fourth-order valence-corrected chi connectivity index (χ4v) is 1.48. The molecule has 0 fully saturated rings. The number of rotatable bonds is 3. The van der Waals surface area contributed by atoms with Gasteiger partial charge in [-0.1, -0.05) is 6.07 Å². The SMILES string of the molecule is Cc1c(C(=O)/C=C/c2cccnc2)cnn1C. The number of allylic oxidation sites excluding steroid dienone is 1. The molecule has 0 amide bonds. The van der Waals surface area contributed by atoms with Crippen LogP contribution in [0.4, 0.5) is 0 Å². The van der Waals surface area contributed by atoms with Crippen LogP contribution in [0.1, 0.15) is 21.6 Å². The molecule has 0 N–H and O–H groups in total. The third-order valence-corrected chi connectivity index (χ3v) is 2.61. The molecular weight excluding hydrogens is 214 g/mol. The molecule has 2 aromatic heterocycles. The molecule has 4 nitrogen and oxygen atoms in total. The first-order valence-electron chi connectivity index (χ1n) is 5.29. The van der Waals surface area contributed by atoms with E-state index in [0.717, 1.165) is 11.3 Å². The molecule has 86 valence electrons. The standard InChI is InChI=1S/C13H13N3O/c1-10-12(9-15-16(10)2)13(17)6-5-11-4-3-7-14-8-11/h3-9H,1-2H3/b6-5+. The van der Waals surface area contributed by atoms with E-state index in [2.05, 4.69) is 10.1 Å². The summed E-state index contributed by atoms with van der Waals surface area (Å²) < 4.78 is 1.69. The number of aromatic nitrogens is 3. The fourth-order valence-electron chi connectivity index (χ4n) is 1.48. The van der Waals surface area contributed by atoms with Crippen LogP contribution < -0.4 is 0 Å². The van der Waals surface area contributed by atoms with Crippen molar-refractivity contribution in [1.82, 2.24) is 14.8 Å². The summed E-state index contributed by atoms with van der Waals surface area (Å²) in [5.41, 5.74) is 2.40. The van der Waals surface area contributed by atoms with Crippen molar-refractivity contribution >= 4 is 11.9 Å². The number of aryl methyl sites for hydroxylation is 1. The molecule has 0 bridgehead atoms. The molecule has 0 radical (unpaired) electrons. The van der Waals surface area contributed by atoms with Crippen LogP contribution in [0.3, 0.4) is 0 Å². The van der Waals surface area contributed by atoms with Gasteiger partial charge in [-0.2, -0.15) is 5.10 Å². The van der Waals surface area contributed by atoms with Gasteiger partial charge in [-0.15, -0.1) is 0 Å². The van der Waals surface area contributed by atoms with Crippen molar-refractivity contribution < 1.29 is 4.79 Å². The normalized spacial score (nSPS) is 10.9. The highest BCUT2D eigenvalue weighted by Gasteiger charge is 2.09. The van der Waals surface area contributed by atoms with Crippen LogP contribution in [0.2, 0.25) is 0 Å². The van der Waals surface area contributed by atoms with Crippen molar-refractivity contribution in [2.45, 2.75) is 6.92 Å².